The van der Waals surface area contributed by atoms with Crippen molar-refractivity contribution in [3.63, 3.8) is 0 Å². The van der Waals surface area contributed by atoms with Crippen molar-refractivity contribution in [2.45, 2.75) is 95.9 Å². The predicted octanol–water partition coefficient (Wildman–Crippen LogP) is 8.61. The van der Waals surface area contributed by atoms with Crippen LogP contribution >= 0.6 is 0 Å². The number of hydrogen-bond acceptors (Lipinski definition) is 0. The molecule has 0 unspecified atom stereocenters. The molecule has 0 fully saturated rings. The molecule has 0 aliphatic heterocycles. The maximum absolute atomic E-state index is 3.00. The molecule has 1 rings (SSSR count). The summed E-state index contributed by atoms with van der Waals surface area (Å²) in [5.41, 5.74) is 5.57. The van der Waals surface area contributed by atoms with Gasteiger partial charge < -0.3 is 0 Å². The lowest BCUT2D eigenvalue weighted by molar-refractivity contribution is 0.886. The minimum absolute atomic E-state index is 1.32. The van der Waals surface area contributed by atoms with E-state index in [1.807, 2.05) is 41.5 Å². The topological polar surface area (TPSA) is 0 Å². The van der Waals surface area contributed by atoms with Gasteiger partial charge in [-0.25, -0.2) is 0 Å². The van der Waals surface area contributed by atoms with Gasteiger partial charge in [0.25, 0.3) is 0 Å². The highest BCUT2D eigenvalue weighted by Gasteiger charge is 1.95. The van der Waals surface area contributed by atoms with E-state index in [1.54, 1.807) is 0 Å². The predicted molar refractivity (Wildman–Crippen MR) is 111 cm³/mol. The van der Waals surface area contributed by atoms with Crippen LogP contribution in [0.5, 0.6) is 0 Å². The van der Waals surface area contributed by atoms with Gasteiger partial charge in [-0.15, -0.1) is 13.2 Å². The molecule has 0 spiro atoms. The van der Waals surface area contributed by atoms with E-state index in [0.29, 0.717) is 0 Å². The highest BCUT2D eigenvalue weighted by Crippen LogP contribution is 2.13. The van der Waals surface area contributed by atoms with Crippen LogP contribution in [-0.4, -0.2) is 0 Å². The lowest BCUT2D eigenvalue weighted by atomic mass is 10.0. The molecule has 0 N–H and O–H groups in total. The summed E-state index contributed by atoms with van der Waals surface area (Å²) >= 11 is 0. The Bertz CT molecular complexity index is 232. The molecule has 0 saturated heterocycles. The minimum Gasteiger partial charge on any atom is -0.106 e. The number of hydrogen-bond donors (Lipinski definition) is 0. The first-order chi connectivity index (χ1) is 10.5. The highest BCUT2D eigenvalue weighted by molar-refractivity contribution is 5.35. The molecule has 0 heterocycles. The van der Waals surface area contributed by atoms with Gasteiger partial charge in [0.05, 0.1) is 0 Å². The van der Waals surface area contributed by atoms with Crippen molar-refractivity contribution in [3.8, 4) is 0 Å². The normalized spacial score (nSPS) is 6.91. The van der Waals surface area contributed by atoms with Gasteiger partial charge in [-0.2, -0.15) is 0 Å². The van der Waals surface area contributed by atoms with E-state index < -0.39 is 0 Å². The van der Waals surface area contributed by atoms with E-state index in [4.69, 9.17) is 0 Å². The van der Waals surface area contributed by atoms with Crippen LogP contribution in [0.15, 0.2) is 25.3 Å². The van der Waals surface area contributed by atoms with Crippen molar-refractivity contribution >= 4 is 0 Å². The molecule has 0 aliphatic rings. The fraction of sp³-hybridized carbons (Fsp3) is 0.636. The summed E-state index contributed by atoms with van der Waals surface area (Å²) in [5.74, 6) is 0. The van der Waals surface area contributed by atoms with Crippen LogP contribution in [0.4, 0.5) is 0 Å². The average Bonchev–Trinajstić information content (AvgIpc) is 2.60. The molecule has 0 aliphatic carbocycles. The Morgan fingerprint density at radius 2 is 0.682 bits per heavy atom. The molecule has 0 aromatic heterocycles. The Hall–Kier alpha value is -1.04. The summed E-state index contributed by atoms with van der Waals surface area (Å²) in [5, 5.41) is 0. The van der Waals surface area contributed by atoms with Crippen LogP contribution in [0.1, 0.15) is 90.5 Å². The third kappa shape index (κ3) is 24.0. The fourth-order valence-corrected chi connectivity index (χ4v) is 1.10. The summed E-state index contributed by atoms with van der Waals surface area (Å²) in [6.45, 7) is 31.0. The Labute approximate surface area is 144 Å². The lowest BCUT2D eigenvalue weighted by Crippen LogP contribution is -1.86. The molecule has 0 bridgehead atoms. The zero-order valence-corrected chi connectivity index (χ0v) is 18.0. The largest absolute Gasteiger partial charge is 0.106 e. The third-order valence-electron chi connectivity index (χ3n) is 2.61. The molecule has 0 radical (unpaired) electrons. The minimum atomic E-state index is 1.32. The van der Waals surface area contributed by atoms with Gasteiger partial charge in [-0.1, -0.05) is 80.4 Å². The molecule has 0 atom stereocenters. The van der Waals surface area contributed by atoms with Crippen LogP contribution < -0.4 is 0 Å². The van der Waals surface area contributed by atoms with Crippen LogP contribution in [0.2, 0.25) is 0 Å². The van der Waals surface area contributed by atoms with E-state index in [2.05, 4.69) is 66.8 Å². The van der Waals surface area contributed by atoms with Crippen LogP contribution in [0, 0.1) is 27.7 Å². The Morgan fingerprint density at radius 3 is 0.773 bits per heavy atom. The van der Waals surface area contributed by atoms with E-state index in [9.17, 15) is 0 Å². The van der Waals surface area contributed by atoms with Crippen molar-refractivity contribution in [1.82, 2.24) is 0 Å². The quantitative estimate of drug-likeness (QED) is 0.455. The first-order valence-corrected chi connectivity index (χ1v) is 9.07. The van der Waals surface area contributed by atoms with Crippen molar-refractivity contribution in [2.75, 3.05) is 0 Å². The summed E-state index contributed by atoms with van der Waals surface area (Å²) in [6.07, 6.45) is 2.64. The van der Waals surface area contributed by atoms with Crippen LogP contribution in [0.25, 0.3) is 0 Å². The summed E-state index contributed by atoms with van der Waals surface area (Å²) in [4.78, 5) is 0. The maximum Gasteiger partial charge on any atom is -0.0395 e. The molecule has 22 heavy (non-hydrogen) atoms. The Kier molecular flexibility index (Phi) is 47.8. The molecular formula is C22H46. The van der Waals surface area contributed by atoms with E-state index in [0.717, 1.165) is 0 Å². The highest BCUT2D eigenvalue weighted by atomic mass is 14.0. The Balaban J connectivity index is -0.0000000680. The van der Waals surface area contributed by atoms with Gasteiger partial charge in [0.15, 0.2) is 0 Å². The second-order valence-corrected chi connectivity index (χ2v) is 4.02. The summed E-state index contributed by atoms with van der Waals surface area (Å²) < 4.78 is 0. The van der Waals surface area contributed by atoms with Gasteiger partial charge in [-0.3, -0.25) is 0 Å². The second kappa shape index (κ2) is 32.1. The first-order valence-electron chi connectivity index (χ1n) is 9.07. The maximum atomic E-state index is 3.00. The summed E-state index contributed by atoms with van der Waals surface area (Å²) in [7, 11) is 0. The van der Waals surface area contributed by atoms with Crippen molar-refractivity contribution < 1.29 is 0 Å². The average molecular weight is 311 g/mol. The van der Waals surface area contributed by atoms with Gasteiger partial charge in [0.1, 0.15) is 0 Å². The van der Waals surface area contributed by atoms with Gasteiger partial charge in [-0.05, 0) is 49.9 Å². The van der Waals surface area contributed by atoms with Crippen molar-refractivity contribution in [1.29, 1.82) is 0 Å². The zero-order valence-electron chi connectivity index (χ0n) is 18.0. The lowest BCUT2D eigenvalue weighted by Gasteiger charge is -2.04. The molecule has 0 amide bonds. The monoisotopic (exact) mass is 310 g/mol. The standard InChI is InChI=1S/C10H14.C4H10.3C2H6.C2H4/c1-7-5-9(3)10(4)6-8(7)2;1-3-4-2;4*1-2/h5-6H,1-4H3;3-4H2,1-2H3;3*1-2H3;1-2H2. The van der Waals surface area contributed by atoms with Gasteiger partial charge in [0.2, 0.25) is 0 Å². The van der Waals surface area contributed by atoms with Crippen LogP contribution in [0.3, 0.4) is 0 Å². The molecule has 0 heteroatoms. The van der Waals surface area contributed by atoms with Crippen LogP contribution in [-0.2, 0) is 0 Å². The molecule has 0 saturated carbocycles. The van der Waals surface area contributed by atoms with E-state index >= 15 is 0 Å². The van der Waals surface area contributed by atoms with E-state index in [-0.39, 0.29) is 0 Å². The third-order valence-corrected chi connectivity index (χ3v) is 2.61. The van der Waals surface area contributed by atoms with Crippen molar-refractivity contribution in [3.05, 3.63) is 47.5 Å². The summed E-state index contributed by atoms with van der Waals surface area (Å²) in [6, 6.07) is 4.48. The Morgan fingerprint density at radius 1 is 0.545 bits per heavy atom. The number of unbranched alkanes of at least 4 members (excludes halogenated alkanes) is 1. The molecule has 1 aromatic rings. The zero-order chi connectivity index (χ0) is 19.1. The van der Waals surface area contributed by atoms with Gasteiger partial charge >= 0.3 is 0 Å². The second-order valence-electron chi connectivity index (χ2n) is 4.02. The number of benzene rings is 1. The van der Waals surface area contributed by atoms with Gasteiger partial charge in [0, 0.05) is 0 Å². The first kappa shape index (κ1) is 32.8. The molecule has 134 valence electrons. The smallest absolute Gasteiger partial charge is 0.0395 e. The van der Waals surface area contributed by atoms with Crippen molar-refractivity contribution in [2.24, 2.45) is 0 Å². The molecular weight excluding hydrogens is 264 g/mol. The molecule has 0 nitrogen and oxygen atoms in total. The number of rotatable bonds is 1. The fourth-order valence-electron chi connectivity index (χ4n) is 1.10. The number of aryl methyl sites for hydroxylation is 4. The van der Waals surface area contributed by atoms with E-state index in [1.165, 1.54) is 35.1 Å². The molecule has 1 aromatic carbocycles. The SMILES string of the molecule is C=C.CC.CC.CC.CCCC.Cc1cc(C)c(C)cc1C.